The van der Waals surface area contributed by atoms with Gasteiger partial charge in [0.05, 0.1) is 11.1 Å². The van der Waals surface area contributed by atoms with Crippen molar-refractivity contribution in [1.29, 1.82) is 0 Å². The first-order valence-corrected chi connectivity index (χ1v) is 6.97. The fourth-order valence-corrected chi connectivity index (χ4v) is 2.42. The topological polar surface area (TPSA) is 59.2 Å². The highest BCUT2D eigenvalue weighted by atomic mass is 16.5. The predicted molar refractivity (Wildman–Crippen MR) is 85.5 cm³/mol. The second-order valence-corrected chi connectivity index (χ2v) is 5.14. The first-order chi connectivity index (χ1) is 10.7. The number of H-pyrrole nitrogens is 1. The molecule has 0 saturated heterocycles. The van der Waals surface area contributed by atoms with Gasteiger partial charge in [0.1, 0.15) is 12.4 Å². The number of aromatic amines is 1. The summed E-state index contributed by atoms with van der Waals surface area (Å²) >= 11 is 0. The third kappa shape index (κ3) is 2.76. The molecule has 3 rings (SSSR count). The molecular weight excluding hydrogens is 278 g/mol. The summed E-state index contributed by atoms with van der Waals surface area (Å²) < 4.78 is 5.75. The molecule has 4 heteroatoms. The van der Waals surface area contributed by atoms with E-state index in [1.165, 1.54) is 6.07 Å². The number of carbonyl (C=O) groups excluding carboxylic acids is 1. The molecule has 110 valence electrons. The van der Waals surface area contributed by atoms with Crippen LogP contribution >= 0.6 is 0 Å². The molecule has 4 nitrogen and oxygen atoms in total. The van der Waals surface area contributed by atoms with Gasteiger partial charge in [-0.1, -0.05) is 30.3 Å². The summed E-state index contributed by atoms with van der Waals surface area (Å²) in [5, 5.41) is 0.841. The van der Waals surface area contributed by atoms with Crippen molar-refractivity contribution in [2.75, 3.05) is 0 Å². The molecule has 22 heavy (non-hydrogen) atoms. The summed E-state index contributed by atoms with van der Waals surface area (Å²) in [6.07, 6.45) is 0.768. The standard InChI is InChI=1S/C18H15NO3/c1-12-7-18(21)19-16-9-17(14(10-20)8-15(12)16)22-11-13-5-3-2-4-6-13/h2-10H,11H2,1H3,(H,19,21). The fraction of sp³-hybridized carbons (Fsp3) is 0.111. The number of aromatic nitrogens is 1. The molecule has 0 atom stereocenters. The Bertz CT molecular complexity index is 882. The Morgan fingerprint density at radius 2 is 1.91 bits per heavy atom. The van der Waals surface area contributed by atoms with E-state index in [9.17, 15) is 9.59 Å². The highest BCUT2D eigenvalue weighted by Gasteiger charge is 2.09. The van der Waals surface area contributed by atoms with E-state index in [2.05, 4.69) is 4.98 Å². The SMILES string of the molecule is Cc1cc(=O)[nH]c2cc(OCc3ccccc3)c(C=O)cc12. The van der Waals surface area contributed by atoms with Crippen LogP contribution in [0.1, 0.15) is 21.5 Å². The lowest BCUT2D eigenvalue weighted by Gasteiger charge is -2.11. The lowest BCUT2D eigenvalue weighted by molar-refractivity contribution is 0.111. The molecule has 0 amide bonds. The maximum Gasteiger partial charge on any atom is 0.248 e. The van der Waals surface area contributed by atoms with Crippen molar-refractivity contribution >= 4 is 17.2 Å². The zero-order valence-corrected chi connectivity index (χ0v) is 12.1. The normalized spacial score (nSPS) is 10.6. The van der Waals surface area contributed by atoms with Crippen molar-refractivity contribution in [3.63, 3.8) is 0 Å². The highest BCUT2D eigenvalue weighted by molar-refractivity contribution is 5.91. The summed E-state index contributed by atoms with van der Waals surface area (Å²) in [7, 11) is 0. The quantitative estimate of drug-likeness (QED) is 0.751. The van der Waals surface area contributed by atoms with E-state index in [-0.39, 0.29) is 5.56 Å². The Hall–Kier alpha value is -2.88. The van der Waals surface area contributed by atoms with Crippen LogP contribution in [0, 0.1) is 6.92 Å². The number of hydrogen-bond acceptors (Lipinski definition) is 3. The number of hydrogen-bond donors (Lipinski definition) is 1. The Kier molecular flexibility index (Phi) is 3.74. The minimum Gasteiger partial charge on any atom is -0.488 e. The molecule has 0 bridgehead atoms. The smallest absolute Gasteiger partial charge is 0.248 e. The van der Waals surface area contributed by atoms with Crippen LogP contribution in [-0.2, 0) is 6.61 Å². The number of nitrogens with one attached hydrogen (secondary N) is 1. The van der Waals surface area contributed by atoms with Gasteiger partial charge in [0.25, 0.3) is 0 Å². The van der Waals surface area contributed by atoms with Gasteiger partial charge in [-0.3, -0.25) is 9.59 Å². The van der Waals surface area contributed by atoms with Gasteiger partial charge >= 0.3 is 0 Å². The zero-order valence-electron chi connectivity index (χ0n) is 12.1. The third-order valence-corrected chi connectivity index (χ3v) is 3.54. The Morgan fingerprint density at radius 3 is 2.64 bits per heavy atom. The van der Waals surface area contributed by atoms with Gasteiger partial charge < -0.3 is 9.72 Å². The summed E-state index contributed by atoms with van der Waals surface area (Å²) in [5.41, 5.74) is 2.81. The van der Waals surface area contributed by atoms with Gasteiger partial charge in [-0.05, 0) is 24.1 Å². The molecule has 0 fully saturated rings. The molecule has 1 heterocycles. The Labute approximate surface area is 127 Å². The average Bonchev–Trinajstić information content (AvgIpc) is 2.53. The van der Waals surface area contributed by atoms with E-state index in [1.807, 2.05) is 37.3 Å². The van der Waals surface area contributed by atoms with E-state index in [1.54, 1.807) is 12.1 Å². The maximum atomic E-state index is 11.6. The first kappa shape index (κ1) is 14.1. The van der Waals surface area contributed by atoms with Gasteiger partial charge in [-0.25, -0.2) is 0 Å². The van der Waals surface area contributed by atoms with Crippen LogP contribution in [0.25, 0.3) is 10.9 Å². The minimum absolute atomic E-state index is 0.169. The van der Waals surface area contributed by atoms with E-state index in [0.717, 1.165) is 22.8 Å². The number of pyridine rings is 1. The van der Waals surface area contributed by atoms with E-state index in [0.29, 0.717) is 23.4 Å². The molecule has 1 aromatic heterocycles. The van der Waals surface area contributed by atoms with Crippen molar-refractivity contribution in [1.82, 2.24) is 4.98 Å². The van der Waals surface area contributed by atoms with Crippen molar-refractivity contribution < 1.29 is 9.53 Å². The van der Waals surface area contributed by atoms with Gasteiger partial charge in [-0.2, -0.15) is 0 Å². The molecule has 0 saturated carbocycles. The molecule has 3 aromatic rings. The van der Waals surface area contributed by atoms with Gasteiger partial charge in [0.15, 0.2) is 6.29 Å². The minimum atomic E-state index is -0.169. The molecule has 0 radical (unpaired) electrons. The van der Waals surface area contributed by atoms with Crippen LogP contribution in [-0.4, -0.2) is 11.3 Å². The Morgan fingerprint density at radius 1 is 1.14 bits per heavy atom. The lowest BCUT2D eigenvalue weighted by atomic mass is 10.1. The number of rotatable bonds is 4. The number of aryl methyl sites for hydroxylation is 1. The molecular formula is C18H15NO3. The van der Waals surface area contributed by atoms with Crippen molar-refractivity contribution in [3.05, 3.63) is 75.6 Å². The fourth-order valence-electron chi connectivity index (χ4n) is 2.42. The van der Waals surface area contributed by atoms with Gasteiger partial charge in [0.2, 0.25) is 5.56 Å². The van der Waals surface area contributed by atoms with Crippen LogP contribution < -0.4 is 10.3 Å². The summed E-state index contributed by atoms with van der Waals surface area (Å²) in [4.78, 5) is 25.7. The molecule has 0 aliphatic heterocycles. The number of fused-ring (bicyclic) bond motifs is 1. The number of aldehydes is 1. The molecule has 2 aromatic carbocycles. The van der Waals surface area contributed by atoms with Crippen LogP contribution in [0.15, 0.2) is 53.3 Å². The molecule has 0 unspecified atom stereocenters. The number of benzene rings is 2. The third-order valence-electron chi connectivity index (χ3n) is 3.54. The van der Waals surface area contributed by atoms with Gasteiger partial charge in [0, 0.05) is 17.5 Å². The number of ether oxygens (including phenoxy) is 1. The van der Waals surface area contributed by atoms with Crippen LogP contribution in [0.4, 0.5) is 0 Å². The van der Waals surface area contributed by atoms with Gasteiger partial charge in [-0.15, -0.1) is 0 Å². The number of carbonyl (C=O) groups is 1. The van der Waals surface area contributed by atoms with Crippen molar-refractivity contribution in [3.8, 4) is 5.75 Å². The summed E-state index contributed by atoms with van der Waals surface area (Å²) in [5.74, 6) is 0.465. The van der Waals surface area contributed by atoms with Crippen molar-refractivity contribution in [2.24, 2.45) is 0 Å². The predicted octanol–water partition coefficient (Wildman–Crippen LogP) is 3.23. The summed E-state index contributed by atoms with van der Waals surface area (Å²) in [6, 6.07) is 14.7. The second kappa shape index (κ2) is 5.85. The monoisotopic (exact) mass is 293 g/mol. The van der Waals surface area contributed by atoms with E-state index < -0.39 is 0 Å². The Balaban J connectivity index is 2.01. The molecule has 0 aliphatic carbocycles. The van der Waals surface area contributed by atoms with Crippen molar-refractivity contribution in [2.45, 2.75) is 13.5 Å². The highest BCUT2D eigenvalue weighted by Crippen LogP contribution is 2.25. The summed E-state index contributed by atoms with van der Waals surface area (Å²) in [6.45, 7) is 2.21. The largest absolute Gasteiger partial charge is 0.488 e. The average molecular weight is 293 g/mol. The van der Waals surface area contributed by atoms with E-state index >= 15 is 0 Å². The zero-order chi connectivity index (χ0) is 15.5. The van der Waals surface area contributed by atoms with Crippen LogP contribution in [0.2, 0.25) is 0 Å². The van der Waals surface area contributed by atoms with Crippen LogP contribution in [0.3, 0.4) is 0 Å². The van der Waals surface area contributed by atoms with E-state index in [4.69, 9.17) is 4.74 Å². The molecule has 0 aliphatic rings. The first-order valence-electron chi connectivity index (χ1n) is 6.97. The lowest BCUT2D eigenvalue weighted by Crippen LogP contribution is -2.06. The maximum absolute atomic E-state index is 11.6. The molecule has 1 N–H and O–H groups in total. The van der Waals surface area contributed by atoms with Crippen LogP contribution in [0.5, 0.6) is 5.75 Å². The second-order valence-electron chi connectivity index (χ2n) is 5.14. The molecule has 0 spiro atoms.